The first-order valence-corrected chi connectivity index (χ1v) is 7.64. The maximum absolute atomic E-state index is 12.4. The van der Waals surface area contributed by atoms with Crippen LogP contribution in [0.1, 0.15) is 26.3 Å². The van der Waals surface area contributed by atoms with Crippen LogP contribution in [0.4, 0.5) is 5.69 Å². The monoisotopic (exact) mass is 321 g/mol. The molecule has 24 heavy (non-hydrogen) atoms. The second kappa shape index (κ2) is 5.45. The van der Waals surface area contributed by atoms with Crippen molar-refractivity contribution in [3.8, 4) is 0 Å². The number of carbonyl (C=O) groups excluding carboxylic acids is 2. The normalized spacial score (nSPS) is 13.5. The van der Waals surface area contributed by atoms with Crippen LogP contribution in [0.15, 0.2) is 36.4 Å². The first-order chi connectivity index (χ1) is 11.6. The van der Waals surface area contributed by atoms with Gasteiger partial charge in [-0.15, -0.1) is 5.10 Å². The van der Waals surface area contributed by atoms with Gasteiger partial charge in [0.25, 0.3) is 11.8 Å². The number of aryl methyl sites for hydroxylation is 1. The highest BCUT2D eigenvalue weighted by Crippen LogP contribution is 2.20. The third-order valence-corrected chi connectivity index (χ3v) is 4.17. The molecule has 0 aliphatic carbocycles. The largest absolute Gasteiger partial charge is 0.352 e. The Kier molecular flexibility index (Phi) is 3.26. The molecule has 0 saturated heterocycles. The minimum absolute atomic E-state index is 0.103. The minimum Gasteiger partial charge on any atom is -0.352 e. The molecule has 0 unspecified atom stereocenters. The van der Waals surface area contributed by atoms with Crippen LogP contribution in [-0.2, 0) is 13.5 Å². The topological polar surface area (TPSA) is 88.9 Å². The highest BCUT2D eigenvalue weighted by Gasteiger charge is 2.17. The molecule has 0 atom stereocenters. The molecule has 0 spiro atoms. The molecular formula is C17H15N5O2. The van der Waals surface area contributed by atoms with E-state index in [4.69, 9.17) is 0 Å². The van der Waals surface area contributed by atoms with Crippen LogP contribution < -0.4 is 10.6 Å². The average molecular weight is 321 g/mol. The van der Waals surface area contributed by atoms with Crippen molar-refractivity contribution in [1.82, 2.24) is 20.3 Å². The Labute approximate surface area is 137 Å². The predicted octanol–water partition coefficient (Wildman–Crippen LogP) is 1.51. The van der Waals surface area contributed by atoms with Gasteiger partial charge in [-0.25, -0.2) is 4.68 Å². The van der Waals surface area contributed by atoms with Gasteiger partial charge in [-0.2, -0.15) is 0 Å². The van der Waals surface area contributed by atoms with Crippen LogP contribution in [0.2, 0.25) is 0 Å². The number of hydrogen-bond acceptors (Lipinski definition) is 4. The maximum atomic E-state index is 12.4. The Hall–Kier alpha value is -3.22. The van der Waals surface area contributed by atoms with E-state index >= 15 is 0 Å². The first-order valence-electron chi connectivity index (χ1n) is 7.64. The molecule has 1 aliphatic rings. The number of aromatic nitrogens is 3. The van der Waals surface area contributed by atoms with Crippen molar-refractivity contribution in [1.29, 1.82) is 0 Å². The summed E-state index contributed by atoms with van der Waals surface area (Å²) in [6.07, 6.45) is 0.804. The second-order valence-corrected chi connectivity index (χ2v) is 5.75. The zero-order valence-corrected chi connectivity index (χ0v) is 13.0. The van der Waals surface area contributed by atoms with E-state index in [1.54, 1.807) is 29.9 Å². The highest BCUT2D eigenvalue weighted by atomic mass is 16.2. The summed E-state index contributed by atoms with van der Waals surface area (Å²) in [5.74, 6) is -0.355. The lowest BCUT2D eigenvalue weighted by Crippen LogP contribution is -2.31. The van der Waals surface area contributed by atoms with Gasteiger partial charge in [0.2, 0.25) is 0 Å². The van der Waals surface area contributed by atoms with E-state index in [-0.39, 0.29) is 11.8 Å². The zero-order chi connectivity index (χ0) is 16.7. The van der Waals surface area contributed by atoms with Gasteiger partial charge in [0.05, 0.1) is 5.52 Å². The fraction of sp³-hybridized carbons (Fsp3) is 0.176. The van der Waals surface area contributed by atoms with E-state index < -0.39 is 0 Å². The van der Waals surface area contributed by atoms with E-state index in [0.717, 1.165) is 17.5 Å². The van der Waals surface area contributed by atoms with E-state index in [1.807, 2.05) is 18.2 Å². The van der Waals surface area contributed by atoms with Crippen LogP contribution in [0, 0.1) is 0 Å². The highest BCUT2D eigenvalue weighted by molar-refractivity contribution is 6.06. The van der Waals surface area contributed by atoms with Crippen molar-refractivity contribution < 1.29 is 9.59 Å². The Morgan fingerprint density at radius 2 is 2.12 bits per heavy atom. The summed E-state index contributed by atoms with van der Waals surface area (Å²) in [5.41, 5.74) is 4.22. The van der Waals surface area contributed by atoms with Crippen LogP contribution in [-0.4, -0.2) is 33.4 Å². The van der Waals surface area contributed by atoms with Crippen molar-refractivity contribution in [2.75, 3.05) is 11.9 Å². The van der Waals surface area contributed by atoms with E-state index in [0.29, 0.717) is 28.9 Å². The summed E-state index contributed by atoms with van der Waals surface area (Å²) in [6.45, 7) is 0.648. The summed E-state index contributed by atoms with van der Waals surface area (Å²) in [6, 6.07) is 10.6. The standard InChI is InChI=1S/C17H15N5O2/c1-22-15-5-3-11(8-14(15)20-21-22)16(23)19-12-4-2-10-6-7-18-17(24)13(10)9-12/h2-5,8-9H,6-7H2,1H3,(H,18,24)(H,19,23). The molecule has 4 rings (SSSR count). The summed E-state index contributed by atoms with van der Waals surface area (Å²) >= 11 is 0. The van der Waals surface area contributed by atoms with Crippen molar-refractivity contribution >= 4 is 28.5 Å². The number of anilines is 1. The van der Waals surface area contributed by atoms with Gasteiger partial charge < -0.3 is 10.6 Å². The smallest absolute Gasteiger partial charge is 0.255 e. The van der Waals surface area contributed by atoms with Crippen molar-refractivity contribution in [2.24, 2.45) is 7.05 Å². The van der Waals surface area contributed by atoms with Crippen LogP contribution in [0.25, 0.3) is 11.0 Å². The molecular weight excluding hydrogens is 306 g/mol. The molecule has 7 nitrogen and oxygen atoms in total. The van der Waals surface area contributed by atoms with Gasteiger partial charge in [0.1, 0.15) is 5.52 Å². The molecule has 1 aliphatic heterocycles. The number of amides is 2. The minimum atomic E-state index is -0.251. The number of carbonyl (C=O) groups is 2. The zero-order valence-electron chi connectivity index (χ0n) is 13.0. The molecule has 2 N–H and O–H groups in total. The Bertz CT molecular complexity index is 976. The van der Waals surface area contributed by atoms with Crippen LogP contribution in [0.5, 0.6) is 0 Å². The molecule has 0 saturated carbocycles. The third kappa shape index (κ3) is 2.40. The van der Waals surface area contributed by atoms with Gasteiger partial charge in [0.15, 0.2) is 0 Å². The predicted molar refractivity (Wildman–Crippen MR) is 88.9 cm³/mol. The number of benzene rings is 2. The Balaban J connectivity index is 1.61. The van der Waals surface area contributed by atoms with Gasteiger partial charge in [-0.1, -0.05) is 11.3 Å². The second-order valence-electron chi connectivity index (χ2n) is 5.75. The third-order valence-electron chi connectivity index (χ3n) is 4.17. The number of hydrogen-bond donors (Lipinski definition) is 2. The molecule has 0 fully saturated rings. The quantitative estimate of drug-likeness (QED) is 0.749. The number of nitrogens with one attached hydrogen (secondary N) is 2. The van der Waals surface area contributed by atoms with Gasteiger partial charge in [-0.3, -0.25) is 9.59 Å². The molecule has 2 amide bonds. The fourth-order valence-corrected chi connectivity index (χ4v) is 2.87. The Morgan fingerprint density at radius 3 is 3.00 bits per heavy atom. The molecule has 1 aromatic heterocycles. The first kappa shape index (κ1) is 14.4. The van der Waals surface area contributed by atoms with E-state index in [1.165, 1.54) is 0 Å². The average Bonchev–Trinajstić information content (AvgIpc) is 2.96. The maximum Gasteiger partial charge on any atom is 0.255 e. The number of rotatable bonds is 2. The molecule has 3 aromatic rings. The SMILES string of the molecule is Cn1nnc2cc(C(=O)Nc3ccc4c(c3)C(=O)NCC4)ccc21. The lowest BCUT2D eigenvalue weighted by atomic mass is 10.00. The van der Waals surface area contributed by atoms with Crippen molar-refractivity contribution in [3.63, 3.8) is 0 Å². The Morgan fingerprint density at radius 1 is 1.25 bits per heavy atom. The number of nitrogens with zero attached hydrogens (tertiary/aromatic N) is 3. The van der Waals surface area contributed by atoms with Gasteiger partial charge in [0, 0.05) is 30.4 Å². The van der Waals surface area contributed by atoms with Crippen LogP contribution in [0.3, 0.4) is 0 Å². The molecule has 120 valence electrons. The summed E-state index contributed by atoms with van der Waals surface area (Å²) < 4.78 is 1.65. The lowest BCUT2D eigenvalue weighted by molar-refractivity contribution is 0.0944. The molecule has 2 heterocycles. The fourth-order valence-electron chi connectivity index (χ4n) is 2.87. The van der Waals surface area contributed by atoms with Crippen LogP contribution >= 0.6 is 0 Å². The number of fused-ring (bicyclic) bond motifs is 2. The van der Waals surface area contributed by atoms with Crippen molar-refractivity contribution in [3.05, 3.63) is 53.1 Å². The molecule has 2 aromatic carbocycles. The van der Waals surface area contributed by atoms with Gasteiger partial charge >= 0.3 is 0 Å². The molecule has 0 bridgehead atoms. The van der Waals surface area contributed by atoms with Gasteiger partial charge in [-0.05, 0) is 42.3 Å². The lowest BCUT2D eigenvalue weighted by Gasteiger charge is -2.17. The van der Waals surface area contributed by atoms with Crippen molar-refractivity contribution in [2.45, 2.75) is 6.42 Å². The summed E-state index contributed by atoms with van der Waals surface area (Å²) in [5, 5.41) is 13.6. The molecule has 7 heteroatoms. The van der Waals surface area contributed by atoms with E-state index in [9.17, 15) is 9.59 Å². The summed E-state index contributed by atoms with van der Waals surface area (Å²) in [4.78, 5) is 24.3. The molecule has 0 radical (unpaired) electrons. The summed E-state index contributed by atoms with van der Waals surface area (Å²) in [7, 11) is 1.80. The van der Waals surface area contributed by atoms with E-state index in [2.05, 4.69) is 20.9 Å².